The van der Waals surface area contributed by atoms with E-state index in [1.54, 1.807) is 0 Å². The molecule has 11 heavy (non-hydrogen) atoms. The maximum atomic E-state index is 10.5. The van der Waals surface area contributed by atoms with Crippen molar-refractivity contribution in [1.29, 1.82) is 0 Å². The van der Waals surface area contributed by atoms with Gasteiger partial charge in [-0.15, -0.1) is 0 Å². The molecule has 1 aromatic rings. The summed E-state index contributed by atoms with van der Waals surface area (Å²) in [6.07, 6.45) is 4.75. The van der Waals surface area contributed by atoms with Gasteiger partial charge in [-0.25, -0.2) is 0 Å². The second-order valence-electron chi connectivity index (χ2n) is 2.49. The minimum atomic E-state index is -0.374. The fraction of sp³-hybridized carbons (Fsp3) is 0.714. The van der Waals surface area contributed by atoms with Crippen molar-refractivity contribution in [3.05, 3.63) is 6.20 Å². The van der Waals surface area contributed by atoms with E-state index in [0.29, 0.717) is 0 Å². The summed E-state index contributed by atoms with van der Waals surface area (Å²) in [5.41, 5.74) is 0. The normalized spacial score (nSPS) is 10.3. The van der Waals surface area contributed by atoms with Gasteiger partial charge in [0.15, 0.2) is 6.54 Å². The molecule has 0 spiro atoms. The van der Waals surface area contributed by atoms with Crippen molar-refractivity contribution in [2.75, 3.05) is 0 Å². The van der Waals surface area contributed by atoms with Gasteiger partial charge in [0.2, 0.25) is 6.20 Å². The molecule has 0 fully saturated rings. The highest BCUT2D eigenvalue weighted by atomic mass is 16.6. The molecule has 1 aromatic heterocycles. The van der Waals surface area contributed by atoms with Gasteiger partial charge >= 0.3 is 0 Å². The Morgan fingerprint density at radius 3 is 3.00 bits per heavy atom. The Morgan fingerprint density at radius 1 is 1.64 bits per heavy atom. The Labute approximate surface area is 65.4 Å². The number of rotatable bonds is 4. The van der Waals surface area contributed by atoms with Crippen molar-refractivity contribution >= 4 is 0 Å². The van der Waals surface area contributed by atoms with E-state index in [1.165, 1.54) is 17.3 Å². The summed E-state index contributed by atoms with van der Waals surface area (Å²) < 4.78 is 5.89. The maximum Gasteiger partial charge on any atom is 0.221 e. The van der Waals surface area contributed by atoms with Gasteiger partial charge in [-0.3, -0.25) is 0 Å². The largest absolute Gasteiger partial charge is 0.539 e. The highest BCUT2D eigenvalue weighted by Gasteiger charge is 2.01. The molecule has 0 amide bonds. The van der Waals surface area contributed by atoms with Crippen molar-refractivity contribution in [1.82, 2.24) is 5.27 Å². The monoisotopic (exact) mass is 156 g/mol. The second kappa shape index (κ2) is 3.95. The van der Waals surface area contributed by atoms with Crippen LogP contribution in [0.1, 0.15) is 26.2 Å². The third kappa shape index (κ3) is 2.57. The zero-order chi connectivity index (χ0) is 8.10. The summed E-state index contributed by atoms with van der Waals surface area (Å²) in [6, 6.07) is 0. The van der Waals surface area contributed by atoms with Gasteiger partial charge < -0.3 is 9.63 Å². The van der Waals surface area contributed by atoms with Crippen molar-refractivity contribution in [3.63, 3.8) is 0 Å². The SMILES string of the molecule is CCCCC[n+]1cc([O-])on1. The number of aromatic nitrogens is 2. The minimum Gasteiger partial charge on any atom is -0.539 e. The molecule has 0 saturated carbocycles. The summed E-state index contributed by atoms with van der Waals surface area (Å²) in [7, 11) is 0. The van der Waals surface area contributed by atoms with Crippen LogP contribution in [0.3, 0.4) is 0 Å². The molecule has 0 N–H and O–H groups in total. The van der Waals surface area contributed by atoms with Crippen LogP contribution in [-0.2, 0) is 6.54 Å². The highest BCUT2D eigenvalue weighted by Crippen LogP contribution is 1.96. The predicted octanol–water partition coefficient (Wildman–Crippen LogP) is 0.226. The average Bonchev–Trinajstić information content (AvgIpc) is 2.37. The number of aryl methyl sites for hydroxylation is 1. The van der Waals surface area contributed by atoms with Gasteiger partial charge in [-0.05, 0) is 6.42 Å². The second-order valence-corrected chi connectivity index (χ2v) is 2.49. The predicted molar refractivity (Wildman–Crippen MR) is 35.7 cm³/mol. The van der Waals surface area contributed by atoms with E-state index in [0.717, 1.165) is 19.4 Å². The maximum absolute atomic E-state index is 10.5. The Bertz CT molecular complexity index is 210. The van der Waals surface area contributed by atoms with Gasteiger partial charge in [-0.2, -0.15) is 0 Å². The van der Waals surface area contributed by atoms with Crippen molar-refractivity contribution in [2.24, 2.45) is 0 Å². The fourth-order valence-corrected chi connectivity index (χ4v) is 0.891. The van der Waals surface area contributed by atoms with Gasteiger partial charge in [-0.1, -0.05) is 18.0 Å². The van der Waals surface area contributed by atoms with Crippen LogP contribution in [0.2, 0.25) is 0 Å². The van der Waals surface area contributed by atoms with Crippen LogP contribution in [0.4, 0.5) is 0 Å². The molecular weight excluding hydrogens is 144 g/mol. The standard InChI is InChI=1S/C7H12N2O2/c1-2-3-4-5-9-6-7(10)11-8-9/h6H,2-5H2,1H3. The molecule has 0 aliphatic heterocycles. The molecule has 4 nitrogen and oxygen atoms in total. The molecule has 0 aliphatic rings. The van der Waals surface area contributed by atoms with Crippen LogP contribution < -0.4 is 9.79 Å². The molecular formula is C7H12N2O2. The molecule has 0 bridgehead atoms. The summed E-state index contributed by atoms with van der Waals surface area (Å²) in [5, 5.41) is 14.0. The number of unbranched alkanes of at least 4 members (excludes halogenated alkanes) is 2. The van der Waals surface area contributed by atoms with Crippen LogP contribution in [0, 0.1) is 0 Å². The molecule has 0 aliphatic carbocycles. The summed E-state index contributed by atoms with van der Waals surface area (Å²) >= 11 is 0. The van der Waals surface area contributed by atoms with Crippen LogP contribution in [0.15, 0.2) is 10.7 Å². The molecule has 4 heteroatoms. The lowest BCUT2D eigenvalue weighted by atomic mass is 10.2. The lowest BCUT2D eigenvalue weighted by Crippen LogP contribution is -2.34. The summed E-state index contributed by atoms with van der Waals surface area (Å²) in [5.74, 6) is -0.374. The quantitative estimate of drug-likeness (QED) is 0.463. The van der Waals surface area contributed by atoms with E-state index >= 15 is 0 Å². The Morgan fingerprint density at radius 2 is 2.45 bits per heavy atom. The van der Waals surface area contributed by atoms with Crippen LogP contribution in [0.5, 0.6) is 5.95 Å². The lowest BCUT2D eigenvalue weighted by Gasteiger charge is -1.88. The molecule has 62 valence electrons. The minimum absolute atomic E-state index is 0.374. The van der Waals surface area contributed by atoms with Crippen molar-refractivity contribution in [2.45, 2.75) is 32.7 Å². The topological polar surface area (TPSA) is 53.0 Å². The Hall–Kier alpha value is -1.06. The van der Waals surface area contributed by atoms with Crippen molar-refractivity contribution < 1.29 is 14.3 Å². The van der Waals surface area contributed by atoms with Gasteiger partial charge in [0.25, 0.3) is 0 Å². The fourth-order valence-electron chi connectivity index (χ4n) is 0.891. The third-order valence-corrected chi connectivity index (χ3v) is 1.48. The van der Waals surface area contributed by atoms with Crippen LogP contribution in [0.25, 0.3) is 0 Å². The van der Waals surface area contributed by atoms with Crippen LogP contribution >= 0.6 is 0 Å². The molecule has 0 aromatic carbocycles. The zero-order valence-corrected chi connectivity index (χ0v) is 6.62. The molecule has 0 unspecified atom stereocenters. The van der Waals surface area contributed by atoms with Gasteiger partial charge in [0, 0.05) is 6.42 Å². The van der Waals surface area contributed by atoms with E-state index in [4.69, 9.17) is 0 Å². The first-order valence-electron chi connectivity index (χ1n) is 3.86. The smallest absolute Gasteiger partial charge is 0.221 e. The van der Waals surface area contributed by atoms with E-state index < -0.39 is 0 Å². The molecule has 1 rings (SSSR count). The summed E-state index contributed by atoms with van der Waals surface area (Å²) in [4.78, 5) is 0. The number of hydrogen-bond donors (Lipinski definition) is 0. The third-order valence-electron chi connectivity index (χ3n) is 1.48. The molecule has 1 heterocycles. The van der Waals surface area contributed by atoms with Crippen molar-refractivity contribution in [3.8, 4) is 5.95 Å². The van der Waals surface area contributed by atoms with E-state index in [2.05, 4.69) is 16.7 Å². The molecule has 0 radical (unpaired) electrons. The lowest BCUT2D eigenvalue weighted by molar-refractivity contribution is -0.762. The first kappa shape index (κ1) is 8.04. The Balaban J connectivity index is 2.27. The van der Waals surface area contributed by atoms with E-state index in [-0.39, 0.29) is 5.95 Å². The first-order valence-corrected chi connectivity index (χ1v) is 3.86. The van der Waals surface area contributed by atoms with Crippen LogP contribution in [-0.4, -0.2) is 5.27 Å². The number of hydrogen-bond acceptors (Lipinski definition) is 3. The zero-order valence-electron chi connectivity index (χ0n) is 6.62. The molecule has 0 saturated heterocycles. The van der Waals surface area contributed by atoms with E-state index in [9.17, 15) is 5.11 Å². The first-order chi connectivity index (χ1) is 5.33. The Kier molecular flexibility index (Phi) is 2.89. The summed E-state index contributed by atoms with van der Waals surface area (Å²) in [6.45, 7) is 2.91. The van der Waals surface area contributed by atoms with Gasteiger partial charge in [0.05, 0.1) is 5.27 Å². The van der Waals surface area contributed by atoms with Gasteiger partial charge in [0.1, 0.15) is 5.95 Å². The van der Waals surface area contributed by atoms with E-state index in [1.807, 2.05) is 0 Å². The molecule has 0 atom stereocenters. The highest BCUT2D eigenvalue weighted by molar-refractivity contribution is 4.80. The average molecular weight is 156 g/mol. The number of nitrogens with zero attached hydrogens (tertiary/aromatic N) is 2.